The zero-order valence-electron chi connectivity index (χ0n) is 9.58. The molecule has 0 radical (unpaired) electrons. The molecule has 0 aliphatic carbocycles. The lowest BCUT2D eigenvalue weighted by Gasteiger charge is -2.02. The lowest BCUT2D eigenvalue weighted by Crippen LogP contribution is -2.19. The second-order valence-corrected chi connectivity index (χ2v) is 3.60. The molecule has 2 rings (SSSR count). The van der Waals surface area contributed by atoms with E-state index in [1.807, 2.05) is 30.3 Å². The highest BCUT2D eigenvalue weighted by Crippen LogP contribution is 2.05. The van der Waals surface area contributed by atoms with Crippen LogP contribution >= 0.6 is 0 Å². The SMILES string of the molecule is NC(N)c1ccccc1.Nc1ccc(N)cc1. The first-order chi connectivity index (χ1) is 8.09. The number of anilines is 2. The van der Waals surface area contributed by atoms with Gasteiger partial charge in [-0.25, -0.2) is 0 Å². The van der Waals surface area contributed by atoms with Gasteiger partial charge >= 0.3 is 0 Å². The lowest BCUT2D eigenvalue weighted by molar-refractivity contribution is 0.774. The average Bonchev–Trinajstić information content (AvgIpc) is 2.35. The Morgan fingerprint density at radius 2 is 1.06 bits per heavy atom. The average molecular weight is 230 g/mol. The first-order valence-electron chi connectivity index (χ1n) is 5.26. The molecule has 0 saturated heterocycles. The number of nitrogen functional groups attached to an aromatic ring is 2. The van der Waals surface area contributed by atoms with Crippen molar-refractivity contribution in [1.82, 2.24) is 0 Å². The van der Waals surface area contributed by atoms with Gasteiger partial charge in [0.1, 0.15) is 0 Å². The molecule has 4 heteroatoms. The van der Waals surface area contributed by atoms with Crippen LogP contribution in [-0.4, -0.2) is 0 Å². The van der Waals surface area contributed by atoms with Gasteiger partial charge in [-0.2, -0.15) is 0 Å². The van der Waals surface area contributed by atoms with Gasteiger partial charge in [-0.1, -0.05) is 30.3 Å². The fraction of sp³-hybridized carbons (Fsp3) is 0.0769. The Labute approximate surface area is 101 Å². The molecule has 0 atom stereocenters. The highest BCUT2D eigenvalue weighted by atomic mass is 14.8. The smallest absolute Gasteiger partial charge is 0.0784 e. The number of benzene rings is 2. The number of rotatable bonds is 1. The van der Waals surface area contributed by atoms with E-state index in [4.69, 9.17) is 22.9 Å². The molecule has 0 saturated carbocycles. The zero-order valence-corrected chi connectivity index (χ0v) is 9.58. The largest absolute Gasteiger partial charge is 0.399 e. The van der Waals surface area contributed by atoms with Crippen molar-refractivity contribution in [2.24, 2.45) is 11.5 Å². The lowest BCUT2D eigenvalue weighted by atomic mass is 10.2. The van der Waals surface area contributed by atoms with Gasteiger partial charge in [-0.05, 0) is 29.8 Å². The molecule has 0 amide bonds. The molecule has 0 unspecified atom stereocenters. The summed E-state index contributed by atoms with van der Waals surface area (Å²) in [5.74, 6) is 0. The van der Waals surface area contributed by atoms with E-state index in [0.29, 0.717) is 0 Å². The number of nitrogens with two attached hydrogens (primary N) is 4. The topological polar surface area (TPSA) is 104 Å². The molecule has 0 heterocycles. The van der Waals surface area contributed by atoms with Crippen LogP contribution in [0.5, 0.6) is 0 Å². The van der Waals surface area contributed by atoms with E-state index >= 15 is 0 Å². The molecule has 8 N–H and O–H groups in total. The molecule has 0 spiro atoms. The maximum absolute atomic E-state index is 5.39. The van der Waals surface area contributed by atoms with Crippen molar-refractivity contribution >= 4 is 11.4 Å². The van der Waals surface area contributed by atoms with Crippen LogP contribution in [0.25, 0.3) is 0 Å². The molecule has 0 aromatic heterocycles. The van der Waals surface area contributed by atoms with Crippen molar-refractivity contribution in [2.75, 3.05) is 11.5 Å². The highest BCUT2D eigenvalue weighted by molar-refractivity contribution is 5.47. The predicted octanol–water partition coefficient (Wildman–Crippen LogP) is 1.45. The van der Waals surface area contributed by atoms with Crippen LogP contribution in [0.15, 0.2) is 54.6 Å². The van der Waals surface area contributed by atoms with E-state index in [1.54, 1.807) is 24.3 Å². The predicted molar refractivity (Wildman–Crippen MR) is 72.8 cm³/mol. The molecule has 4 nitrogen and oxygen atoms in total. The fourth-order valence-electron chi connectivity index (χ4n) is 1.17. The minimum Gasteiger partial charge on any atom is -0.399 e. The van der Waals surface area contributed by atoms with E-state index in [1.165, 1.54) is 0 Å². The van der Waals surface area contributed by atoms with Gasteiger partial charge in [0.25, 0.3) is 0 Å². The molecule has 2 aromatic rings. The maximum Gasteiger partial charge on any atom is 0.0784 e. The fourth-order valence-corrected chi connectivity index (χ4v) is 1.17. The second kappa shape index (κ2) is 6.52. The Morgan fingerprint density at radius 1 is 0.647 bits per heavy atom. The van der Waals surface area contributed by atoms with Crippen LogP contribution in [-0.2, 0) is 0 Å². The number of hydrogen-bond acceptors (Lipinski definition) is 4. The van der Waals surface area contributed by atoms with Crippen molar-refractivity contribution in [1.29, 1.82) is 0 Å². The van der Waals surface area contributed by atoms with E-state index in [-0.39, 0.29) is 6.17 Å². The maximum atomic E-state index is 5.39. The third kappa shape index (κ3) is 5.01. The molecule has 2 aromatic carbocycles. The quantitative estimate of drug-likeness (QED) is 0.439. The van der Waals surface area contributed by atoms with Crippen LogP contribution in [0, 0.1) is 0 Å². The van der Waals surface area contributed by atoms with Gasteiger partial charge in [-0.15, -0.1) is 0 Å². The van der Waals surface area contributed by atoms with Crippen LogP contribution in [0.2, 0.25) is 0 Å². The van der Waals surface area contributed by atoms with Gasteiger partial charge in [0.2, 0.25) is 0 Å². The summed E-state index contributed by atoms with van der Waals surface area (Å²) in [7, 11) is 0. The Bertz CT molecular complexity index is 402. The Balaban J connectivity index is 0.000000171. The van der Waals surface area contributed by atoms with Gasteiger partial charge < -0.3 is 22.9 Å². The van der Waals surface area contributed by atoms with Crippen LogP contribution < -0.4 is 22.9 Å². The van der Waals surface area contributed by atoms with E-state index in [9.17, 15) is 0 Å². The summed E-state index contributed by atoms with van der Waals surface area (Å²) < 4.78 is 0. The molecule has 0 fully saturated rings. The van der Waals surface area contributed by atoms with E-state index in [0.717, 1.165) is 16.9 Å². The van der Waals surface area contributed by atoms with E-state index in [2.05, 4.69) is 0 Å². The summed E-state index contributed by atoms with van der Waals surface area (Å²) >= 11 is 0. The van der Waals surface area contributed by atoms with Crippen molar-refractivity contribution < 1.29 is 0 Å². The van der Waals surface area contributed by atoms with Crippen LogP contribution in [0.4, 0.5) is 11.4 Å². The molecule has 0 aliphatic rings. The van der Waals surface area contributed by atoms with Crippen molar-refractivity contribution in [3.63, 3.8) is 0 Å². The summed E-state index contributed by atoms with van der Waals surface area (Å²) in [4.78, 5) is 0. The monoisotopic (exact) mass is 230 g/mol. The molecule has 0 bridgehead atoms. The Morgan fingerprint density at radius 3 is 1.35 bits per heavy atom. The minimum atomic E-state index is -0.341. The standard InChI is InChI=1S/C7H10N2.C6H8N2/c8-7(9)6-4-2-1-3-5-6;7-5-1-2-6(8)4-3-5/h1-5,7H,8-9H2;1-4H,7-8H2. The Kier molecular flexibility index (Phi) is 5.00. The molecule has 90 valence electrons. The first-order valence-corrected chi connectivity index (χ1v) is 5.26. The first kappa shape index (κ1) is 13.0. The van der Waals surface area contributed by atoms with E-state index < -0.39 is 0 Å². The summed E-state index contributed by atoms with van der Waals surface area (Å²) in [6.45, 7) is 0. The normalized spacial score (nSPS) is 9.59. The molecular formula is C13H18N4. The van der Waals surface area contributed by atoms with Crippen LogP contribution in [0.3, 0.4) is 0 Å². The zero-order chi connectivity index (χ0) is 12.7. The van der Waals surface area contributed by atoms with Gasteiger partial charge in [0.15, 0.2) is 0 Å². The summed E-state index contributed by atoms with van der Waals surface area (Å²) in [5.41, 5.74) is 24.0. The van der Waals surface area contributed by atoms with Crippen molar-refractivity contribution in [3.8, 4) is 0 Å². The highest BCUT2D eigenvalue weighted by Gasteiger charge is 1.93. The Hall–Kier alpha value is -2.04. The third-order valence-electron chi connectivity index (χ3n) is 2.12. The minimum absolute atomic E-state index is 0.341. The molecular weight excluding hydrogens is 212 g/mol. The third-order valence-corrected chi connectivity index (χ3v) is 2.12. The van der Waals surface area contributed by atoms with Crippen molar-refractivity contribution in [3.05, 3.63) is 60.2 Å². The van der Waals surface area contributed by atoms with Gasteiger partial charge in [0.05, 0.1) is 6.17 Å². The molecule has 0 aliphatic heterocycles. The number of hydrogen-bond donors (Lipinski definition) is 4. The second-order valence-electron chi connectivity index (χ2n) is 3.60. The van der Waals surface area contributed by atoms with Crippen molar-refractivity contribution in [2.45, 2.75) is 6.17 Å². The summed E-state index contributed by atoms with van der Waals surface area (Å²) in [6, 6.07) is 16.7. The van der Waals surface area contributed by atoms with Crippen LogP contribution in [0.1, 0.15) is 11.7 Å². The summed E-state index contributed by atoms with van der Waals surface area (Å²) in [5, 5.41) is 0. The van der Waals surface area contributed by atoms with Gasteiger partial charge in [0, 0.05) is 11.4 Å². The molecule has 17 heavy (non-hydrogen) atoms. The summed E-state index contributed by atoms with van der Waals surface area (Å²) in [6.07, 6.45) is -0.341. The van der Waals surface area contributed by atoms with Gasteiger partial charge in [-0.3, -0.25) is 0 Å².